The second-order valence-corrected chi connectivity index (χ2v) is 9.60. The molecule has 2 fully saturated rings. The summed E-state index contributed by atoms with van der Waals surface area (Å²) in [6.45, 7) is 5.15. The maximum absolute atomic E-state index is 13.8. The fourth-order valence-electron chi connectivity index (χ4n) is 4.88. The monoisotopic (exact) mass is 452 g/mol. The van der Waals surface area contributed by atoms with E-state index in [-0.39, 0.29) is 5.82 Å². The Morgan fingerprint density at radius 3 is 2.66 bits per heavy atom. The number of nitrogens with zero attached hydrogens (tertiary/aromatic N) is 6. The number of halogens is 1. The number of thiazole rings is 1. The summed E-state index contributed by atoms with van der Waals surface area (Å²) in [6, 6.07) is 3.80. The molecule has 2 aliphatic rings. The van der Waals surface area contributed by atoms with Crippen molar-refractivity contribution in [3.05, 3.63) is 42.1 Å². The largest absolute Gasteiger partial charge is 0.378 e. The molecule has 6 rings (SSSR count). The number of aromatic nitrogens is 4. The van der Waals surface area contributed by atoms with Gasteiger partial charge in [0, 0.05) is 50.9 Å². The van der Waals surface area contributed by atoms with Gasteiger partial charge in [0.25, 0.3) is 0 Å². The molecule has 0 spiro atoms. The van der Waals surface area contributed by atoms with Gasteiger partial charge in [-0.2, -0.15) is 0 Å². The van der Waals surface area contributed by atoms with E-state index in [1.807, 2.05) is 17.8 Å². The molecule has 0 aliphatic carbocycles. The standard InChI is InChI=1S/C23H25FN6OS/c1-28-14-18(17-10-16(24)12-26-22(17)28)15-2-4-29(5-3-15)21-11-20-19(13-25-21)27-23(32-20)30-6-8-31-9-7-30/h10-15H,2-9H2,1H3. The first-order valence-electron chi connectivity index (χ1n) is 11.1. The van der Waals surface area contributed by atoms with E-state index < -0.39 is 0 Å². The Morgan fingerprint density at radius 1 is 1.03 bits per heavy atom. The van der Waals surface area contributed by atoms with Gasteiger partial charge in [0.05, 0.1) is 30.3 Å². The molecule has 6 heterocycles. The molecule has 0 amide bonds. The van der Waals surface area contributed by atoms with Crippen LogP contribution in [0, 0.1) is 5.82 Å². The molecule has 0 atom stereocenters. The van der Waals surface area contributed by atoms with Crippen molar-refractivity contribution in [2.45, 2.75) is 18.8 Å². The lowest BCUT2D eigenvalue weighted by Gasteiger charge is -2.32. The van der Waals surface area contributed by atoms with Crippen LogP contribution in [-0.4, -0.2) is 58.9 Å². The highest BCUT2D eigenvalue weighted by Crippen LogP contribution is 2.36. The van der Waals surface area contributed by atoms with Crippen molar-refractivity contribution in [1.29, 1.82) is 0 Å². The Kier molecular flexibility index (Phi) is 4.95. The van der Waals surface area contributed by atoms with Gasteiger partial charge in [0.1, 0.15) is 22.8 Å². The molecule has 2 aliphatic heterocycles. The molecule has 4 aromatic rings. The second kappa shape index (κ2) is 7.97. The van der Waals surface area contributed by atoms with E-state index in [9.17, 15) is 4.39 Å². The van der Waals surface area contributed by atoms with Crippen LogP contribution in [0.4, 0.5) is 15.3 Å². The van der Waals surface area contributed by atoms with Crippen LogP contribution in [0.25, 0.3) is 21.3 Å². The summed E-state index contributed by atoms with van der Waals surface area (Å²) in [5.41, 5.74) is 3.01. The molecule has 0 radical (unpaired) electrons. The third kappa shape index (κ3) is 3.49. The average Bonchev–Trinajstić information content (AvgIpc) is 3.40. The molecule has 0 unspecified atom stereocenters. The number of fused-ring (bicyclic) bond motifs is 2. The fourth-order valence-corrected chi connectivity index (χ4v) is 5.90. The lowest BCUT2D eigenvalue weighted by atomic mass is 9.89. The lowest BCUT2D eigenvalue weighted by molar-refractivity contribution is 0.122. The molecule has 0 aromatic carbocycles. The summed E-state index contributed by atoms with van der Waals surface area (Å²) in [5, 5.41) is 1.99. The Balaban J connectivity index is 1.20. The van der Waals surface area contributed by atoms with Crippen LogP contribution in [-0.2, 0) is 11.8 Å². The van der Waals surface area contributed by atoms with Crippen molar-refractivity contribution in [2.75, 3.05) is 49.2 Å². The maximum Gasteiger partial charge on any atom is 0.186 e. The Bertz CT molecular complexity index is 1270. The van der Waals surface area contributed by atoms with Gasteiger partial charge < -0.3 is 19.1 Å². The number of ether oxygens (including phenoxy) is 1. The van der Waals surface area contributed by atoms with Gasteiger partial charge in [0.15, 0.2) is 5.13 Å². The van der Waals surface area contributed by atoms with Gasteiger partial charge in [-0.1, -0.05) is 11.3 Å². The van der Waals surface area contributed by atoms with Crippen LogP contribution in [0.1, 0.15) is 24.3 Å². The molecule has 4 aromatic heterocycles. The SMILES string of the molecule is Cn1cc(C2CCN(c3cc4sc(N5CCOCC5)nc4cn3)CC2)c2cc(F)cnc21. The smallest absolute Gasteiger partial charge is 0.186 e. The van der Waals surface area contributed by atoms with Gasteiger partial charge in [-0.3, -0.25) is 0 Å². The lowest BCUT2D eigenvalue weighted by Crippen LogP contribution is -2.36. The van der Waals surface area contributed by atoms with Gasteiger partial charge in [-0.05, 0) is 30.4 Å². The first-order chi connectivity index (χ1) is 15.7. The van der Waals surface area contributed by atoms with Crippen molar-refractivity contribution in [3.8, 4) is 0 Å². The topological polar surface area (TPSA) is 59.3 Å². The first kappa shape index (κ1) is 19.9. The van der Waals surface area contributed by atoms with E-state index in [4.69, 9.17) is 14.7 Å². The summed E-state index contributed by atoms with van der Waals surface area (Å²) >= 11 is 1.73. The summed E-state index contributed by atoms with van der Waals surface area (Å²) in [5.74, 6) is 1.14. The molecule has 0 N–H and O–H groups in total. The molecule has 0 bridgehead atoms. The van der Waals surface area contributed by atoms with Crippen molar-refractivity contribution < 1.29 is 9.13 Å². The van der Waals surface area contributed by atoms with Gasteiger partial charge in [0.2, 0.25) is 0 Å². The van der Waals surface area contributed by atoms with E-state index in [0.717, 1.165) is 79.7 Å². The number of rotatable bonds is 3. The number of hydrogen-bond donors (Lipinski definition) is 0. The fraction of sp³-hybridized carbons (Fsp3) is 0.435. The maximum atomic E-state index is 13.8. The molecular weight excluding hydrogens is 427 g/mol. The van der Waals surface area contributed by atoms with Gasteiger partial charge >= 0.3 is 0 Å². The molecule has 0 saturated carbocycles. The zero-order valence-electron chi connectivity index (χ0n) is 18.0. The average molecular weight is 453 g/mol. The minimum atomic E-state index is -0.277. The number of piperidine rings is 1. The minimum Gasteiger partial charge on any atom is -0.378 e. The number of anilines is 2. The van der Waals surface area contributed by atoms with E-state index in [0.29, 0.717) is 5.92 Å². The number of aryl methyl sites for hydroxylation is 1. The van der Waals surface area contributed by atoms with Crippen molar-refractivity contribution >= 4 is 43.5 Å². The van der Waals surface area contributed by atoms with E-state index in [2.05, 4.69) is 27.0 Å². The van der Waals surface area contributed by atoms with Gasteiger partial charge in [-0.25, -0.2) is 19.3 Å². The van der Waals surface area contributed by atoms with Crippen LogP contribution in [0.15, 0.2) is 30.7 Å². The van der Waals surface area contributed by atoms with Gasteiger partial charge in [-0.15, -0.1) is 0 Å². The van der Waals surface area contributed by atoms with E-state index >= 15 is 0 Å². The molecule has 7 nitrogen and oxygen atoms in total. The van der Waals surface area contributed by atoms with Crippen LogP contribution in [0.3, 0.4) is 0 Å². The molecule has 9 heteroatoms. The first-order valence-corrected chi connectivity index (χ1v) is 11.9. The Hall–Kier alpha value is -2.78. The Labute approximate surface area is 189 Å². The highest BCUT2D eigenvalue weighted by Gasteiger charge is 2.25. The third-order valence-corrected chi connectivity index (χ3v) is 7.68. The van der Waals surface area contributed by atoms with E-state index in [1.54, 1.807) is 17.4 Å². The molecule has 2 saturated heterocycles. The zero-order valence-corrected chi connectivity index (χ0v) is 18.8. The molecule has 32 heavy (non-hydrogen) atoms. The quantitative estimate of drug-likeness (QED) is 0.469. The van der Waals surface area contributed by atoms with Crippen LogP contribution in [0.2, 0.25) is 0 Å². The van der Waals surface area contributed by atoms with E-state index in [1.165, 1.54) is 16.5 Å². The van der Waals surface area contributed by atoms with Crippen LogP contribution < -0.4 is 9.80 Å². The Morgan fingerprint density at radius 2 is 1.84 bits per heavy atom. The summed E-state index contributed by atoms with van der Waals surface area (Å²) < 4.78 is 22.5. The highest BCUT2D eigenvalue weighted by atomic mass is 32.1. The number of pyridine rings is 2. The molecule has 166 valence electrons. The summed E-state index contributed by atoms with van der Waals surface area (Å²) in [7, 11) is 1.98. The minimum absolute atomic E-state index is 0.277. The normalized spacial score (nSPS) is 18.2. The highest BCUT2D eigenvalue weighted by molar-refractivity contribution is 7.22. The van der Waals surface area contributed by atoms with Crippen molar-refractivity contribution in [1.82, 2.24) is 19.5 Å². The predicted molar refractivity (Wildman–Crippen MR) is 125 cm³/mol. The predicted octanol–water partition coefficient (Wildman–Crippen LogP) is 3.94. The van der Waals surface area contributed by atoms with Crippen LogP contribution >= 0.6 is 11.3 Å². The van der Waals surface area contributed by atoms with Crippen LogP contribution in [0.5, 0.6) is 0 Å². The number of hydrogen-bond acceptors (Lipinski definition) is 7. The molecular formula is C23H25FN6OS. The number of morpholine rings is 1. The summed E-state index contributed by atoms with van der Waals surface area (Å²) in [4.78, 5) is 18.4. The summed E-state index contributed by atoms with van der Waals surface area (Å²) in [6.07, 6.45) is 7.33. The zero-order chi connectivity index (χ0) is 21.7. The second-order valence-electron chi connectivity index (χ2n) is 8.59. The van der Waals surface area contributed by atoms with Crippen molar-refractivity contribution in [3.63, 3.8) is 0 Å². The third-order valence-electron chi connectivity index (χ3n) is 6.60. The van der Waals surface area contributed by atoms with Crippen molar-refractivity contribution in [2.24, 2.45) is 7.05 Å².